The molecular weight excluding hydrogens is 282 g/mol. The molecule has 4 N–H and O–H groups in total. The van der Waals surface area contributed by atoms with Crippen LogP contribution in [0.3, 0.4) is 0 Å². The third-order valence-corrected chi connectivity index (χ3v) is 2.89. The highest BCUT2D eigenvalue weighted by atomic mass is 16.5. The Morgan fingerprint density at radius 2 is 2.23 bits per heavy atom. The quantitative estimate of drug-likeness (QED) is 0.355. The lowest BCUT2D eigenvalue weighted by atomic mass is 10.1. The summed E-state index contributed by atoms with van der Waals surface area (Å²) in [6, 6.07) is 5.41. The predicted octanol–water partition coefficient (Wildman–Crippen LogP) is 0.721. The van der Waals surface area contributed by atoms with Crippen LogP contribution in [0.5, 0.6) is 5.75 Å². The van der Waals surface area contributed by atoms with Crippen molar-refractivity contribution in [1.82, 2.24) is 10.2 Å². The highest BCUT2D eigenvalue weighted by Crippen LogP contribution is 2.23. The molecule has 0 spiro atoms. The molecule has 0 aliphatic rings. The van der Waals surface area contributed by atoms with Gasteiger partial charge in [-0.3, -0.25) is 4.79 Å². The number of hydrogen-bond donors (Lipinski definition) is 3. The van der Waals surface area contributed by atoms with Gasteiger partial charge in [0.25, 0.3) is 0 Å². The molecule has 6 nitrogen and oxygen atoms in total. The van der Waals surface area contributed by atoms with Crippen LogP contribution in [0.4, 0.5) is 5.69 Å². The first-order valence-electron chi connectivity index (χ1n) is 7.26. The SMILES string of the molecule is CN(C)CCOc1ccc(/C=C\C(=O)NCCCO)cc1N. The average molecular weight is 307 g/mol. The third-order valence-electron chi connectivity index (χ3n) is 2.89. The number of nitrogens with one attached hydrogen (secondary N) is 1. The van der Waals surface area contributed by atoms with Gasteiger partial charge in [-0.05, 0) is 44.3 Å². The molecule has 0 aliphatic heterocycles. The summed E-state index contributed by atoms with van der Waals surface area (Å²) in [5.74, 6) is 0.449. The molecule has 6 heteroatoms. The summed E-state index contributed by atoms with van der Waals surface area (Å²) in [6.07, 6.45) is 3.68. The van der Waals surface area contributed by atoms with Crippen LogP contribution < -0.4 is 15.8 Å². The number of ether oxygens (including phenoxy) is 1. The van der Waals surface area contributed by atoms with Crippen LogP contribution in [0.1, 0.15) is 12.0 Å². The number of amides is 1. The number of benzene rings is 1. The normalized spacial score (nSPS) is 11.1. The molecular formula is C16H25N3O3. The fraction of sp³-hybridized carbons (Fsp3) is 0.438. The van der Waals surface area contributed by atoms with Gasteiger partial charge in [0.1, 0.15) is 12.4 Å². The second kappa shape index (κ2) is 9.81. The minimum Gasteiger partial charge on any atom is -0.490 e. The summed E-state index contributed by atoms with van der Waals surface area (Å²) in [5, 5.41) is 11.3. The van der Waals surface area contributed by atoms with E-state index in [1.165, 1.54) is 6.08 Å². The van der Waals surface area contributed by atoms with E-state index in [4.69, 9.17) is 15.6 Å². The summed E-state index contributed by atoms with van der Waals surface area (Å²) in [4.78, 5) is 13.5. The number of aliphatic hydroxyl groups is 1. The van der Waals surface area contributed by atoms with E-state index in [0.717, 1.165) is 12.1 Å². The number of anilines is 1. The Morgan fingerprint density at radius 3 is 2.86 bits per heavy atom. The Morgan fingerprint density at radius 1 is 1.45 bits per heavy atom. The summed E-state index contributed by atoms with van der Waals surface area (Å²) in [5.41, 5.74) is 7.31. The molecule has 122 valence electrons. The van der Waals surface area contributed by atoms with Crippen molar-refractivity contribution >= 4 is 17.7 Å². The lowest BCUT2D eigenvalue weighted by Crippen LogP contribution is -2.22. The zero-order valence-corrected chi connectivity index (χ0v) is 13.2. The van der Waals surface area contributed by atoms with Gasteiger partial charge in [-0.15, -0.1) is 0 Å². The van der Waals surface area contributed by atoms with Gasteiger partial charge in [-0.25, -0.2) is 0 Å². The number of carbonyl (C=O) groups is 1. The molecule has 0 saturated heterocycles. The third kappa shape index (κ3) is 7.10. The number of rotatable bonds is 9. The van der Waals surface area contributed by atoms with Gasteiger partial charge in [0.05, 0.1) is 5.69 Å². The molecule has 1 aromatic rings. The first-order valence-corrected chi connectivity index (χ1v) is 7.26. The van der Waals surface area contributed by atoms with Crippen molar-refractivity contribution in [3.05, 3.63) is 29.8 Å². The summed E-state index contributed by atoms with van der Waals surface area (Å²) >= 11 is 0. The Hall–Kier alpha value is -2.05. The maximum atomic E-state index is 11.5. The topological polar surface area (TPSA) is 87.8 Å². The van der Waals surface area contributed by atoms with Crippen LogP contribution in [0, 0.1) is 0 Å². The molecule has 1 aromatic carbocycles. The second-order valence-corrected chi connectivity index (χ2v) is 5.15. The van der Waals surface area contributed by atoms with E-state index in [1.807, 2.05) is 25.1 Å². The molecule has 22 heavy (non-hydrogen) atoms. The highest BCUT2D eigenvalue weighted by Gasteiger charge is 2.02. The van der Waals surface area contributed by atoms with Gasteiger partial charge in [0, 0.05) is 25.8 Å². The summed E-state index contributed by atoms with van der Waals surface area (Å²) in [7, 11) is 3.96. The zero-order chi connectivity index (χ0) is 16.4. The van der Waals surface area contributed by atoms with E-state index >= 15 is 0 Å². The first-order chi connectivity index (χ1) is 10.5. The number of carbonyl (C=O) groups excluding carboxylic acids is 1. The molecule has 0 atom stereocenters. The van der Waals surface area contributed by atoms with Gasteiger partial charge < -0.3 is 25.8 Å². The Labute approximate surface area is 131 Å². The fourth-order valence-electron chi connectivity index (χ4n) is 1.66. The van der Waals surface area contributed by atoms with Crippen molar-refractivity contribution in [3.8, 4) is 5.75 Å². The maximum absolute atomic E-state index is 11.5. The van der Waals surface area contributed by atoms with E-state index in [1.54, 1.807) is 18.2 Å². The van der Waals surface area contributed by atoms with Gasteiger partial charge in [0.2, 0.25) is 5.91 Å². The largest absolute Gasteiger partial charge is 0.490 e. The summed E-state index contributed by atoms with van der Waals surface area (Å²) < 4.78 is 5.60. The molecule has 0 aromatic heterocycles. The van der Waals surface area contributed by atoms with Crippen molar-refractivity contribution in [3.63, 3.8) is 0 Å². The molecule has 1 amide bonds. The molecule has 0 aliphatic carbocycles. The lowest BCUT2D eigenvalue weighted by Gasteiger charge is -2.12. The smallest absolute Gasteiger partial charge is 0.244 e. The van der Waals surface area contributed by atoms with E-state index in [2.05, 4.69) is 5.32 Å². The summed E-state index contributed by atoms with van der Waals surface area (Å²) in [6.45, 7) is 1.91. The van der Waals surface area contributed by atoms with Crippen LogP contribution in [0.2, 0.25) is 0 Å². The van der Waals surface area contributed by atoms with Gasteiger partial charge in [0.15, 0.2) is 0 Å². The van der Waals surface area contributed by atoms with Crippen molar-refractivity contribution in [2.75, 3.05) is 46.1 Å². The van der Waals surface area contributed by atoms with Crippen molar-refractivity contribution < 1.29 is 14.6 Å². The number of hydrogen-bond acceptors (Lipinski definition) is 5. The molecule has 0 unspecified atom stereocenters. The number of aliphatic hydroxyl groups excluding tert-OH is 1. The Kier molecular flexibility index (Phi) is 8.03. The minimum absolute atomic E-state index is 0.0653. The molecule has 0 bridgehead atoms. The van der Waals surface area contributed by atoms with Crippen LogP contribution in [0.25, 0.3) is 6.08 Å². The number of likely N-dealkylation sites (N-methyl/N-ethyl adjacent to an activating group) is 1. The van der Waals surface area contributed by atoms with Gasteiger partial charge in [-0.2, -0.15) is 0 Å². The van der Waals surface area contributed by atoms with Gasteiger partial charge in [-0.1, -0.05) is 6.07 Å². The van der Waals surface area contributed by atoms with Crippen LogP contribution in [0.15, 0.2) is 24.3 Å². The highest BCUT2D eigenvalue weighted by molar-refractivity contribution is 5.91. The Balaban J connectivity index is 2.52. The van der Waals surface area contributed by atoms with Crippen molar-refractivity contribution in [1.29, 1.82) is 0 Å². The van der Waals surface area contributed by atoms with E-state index in [9.17, 15) is 4.79 Å². The van der Waals surface area contributed by atoms with Gasteiger partial charge >= 0.3 is 0 Å². The monoisotopic (exact) mass is 307 g/mol. The Bertz CT molecular complexity index is 501. The zero-order valence-electron chi connectivity index (χ0n) is 13.2. The molecule has 0 radical (unpaired) electrons. The average Bonchev–Trinajstić information content (AvgIpc) is 2.47. The van der Waals surface area contributed by atoms with E-state index in [-0.39, 0.29) is 12.5 Å². The van der Waals surface area contributed by atoms with Crippen molar-refractivity contribution in [2.24, 2.45) is 0 Å². The first kappa shape index (κ1) is 18.0. The van der Waals surface area contributed by atoms with Crippen LogP contribution in [-0.4, -0.2) is 56.3 Å². The second-order valence-electron chi connectivity index (χ2n) is 5.15. The minimum atomic E-state index is -0.196. The molecule has 0 fully saturated rings. The number of nitrogens with two attached hydrogens (primary N) is 1. The van der Waals surface area contributed by atoms with Crippen LogP contribution >= 0.6 is 0 Å². The predicted molar refractivity (Wildman–Crippen MR) is 88.6 cm³/mol. The number of nitrogen functional groups attached to an aromatic ring is 1. The van der Waals surface area contributed by atoms with E-state index in [0.29, 0.717) is 31.0 Å². The fourth-order valence-corrected chi connectivity index (χ4v) is 1.66. The maximum Gasteiger partial charge on any atom is 0.244 e. The van der Waals surface area contributed by atoms with Crippen molar-refractivity contribution in [2.45, 2.75) is 6.42 Å². The lowest BCUT2D eigenvalue weighted by molar-refractivity contribution is -0.116. The van der Waals surface area contributed by atoms with Crippen LogP contribution in [-0.2, 0) is 4.79 Å². The van der Waals surface area contributed by atoms with E-state index < -0.39 is 0 Å². The molecule has 1 rings (SSSR count). The standard InChI is InChI=1S/C16H25N3O3/c1-19(2)9-11-22-15-6-4-13(12-14(15)17)5-7-16(21)18-8-3-10-20/h4-7,12,20H,3,8-11,17H2,1-2H3,(H,18,21)/b7-5-. The molecule has 0 heterocycles. The number of nitrogens with zero attached hydrogens (tertiary/aromatic N) is 1. The molecule has 0 saturated carbocycles.